The topological polar surface area (TPSA) is 48.3 Å². The van der Waals surface area contributed by atoms with E-state index in [1.165, 1.54) is 12.1 Å². The SMILES string of the molecule is COCCNCc1ccn(-c2ccc(OC(F)F)cc2)n1. The third kappa shape index (κ3) is 4.80. The van der Waals surface area contributed by atoms with E-state index in [1.807, 2.05) is 12.3 Å². The number of alkyl halides is 2. The predicted molar refractivity (Wildman–Crippen MR) is 73.8 cm³/mol. The van der Waals surface area contributed by atoms with Gasteiger partial charge in [0.25, 0.3) is 0 Å². The van der Waals surface area contributed by atoms with Crippen molar-refractivity contribution in [2.45, 2.75) is 13.2 Å². The first-order valence-corrected chi connectivity index (χ1v) is 6.48. The molecule has 114 valence electrons. The van der Waals surface area contributed by atoms with E-state index in [9.17, 15) is 8.78 Å². The highest BCUT2D eigenvalue weighted by Gasteiger charge is 2.05. The molecule has 1 heterocycles. The Morgan fingerprint density at radius 2 is 2.00 bits per heavy atom. The van der Waals surface area contributed by atoms with E-state index in [1.54, 1.807) is 23.9 Å². The van der Waals surface area contributed by atoms with Gasteiger partial charge in [-0.15, -0.1) is 0 Å². The summed E-state index contributed by atoms with van der Waals surface area (Å²) in [6.45, 7) is -0.775. The van der Waals surface area contributed by atoms with E-state index < -0.39 is 6.61 Å². The van der Waals surface area contributed by atoms with Crippen LogP contribution in [0.3, 0.4) is 0 Å². The number of rotatable bonds is 8. The Hall–Kier alpha value is -1.99. The van der Waals surface area contributed by atoms with Gasteiger partial charge in [-0.1, -0.05) is 0 Å². The van der Waals surface area contributed by atoms with Crippen LogP contribution in [-0.2, 0) is 11.3 Å². The van der Waals surface area contributed by atoms with Crippen LogP contribution in [0.2, 0.25) is 0 Å². The number of nitrogens with zero attached hydrogens (tertiary/aromatic N) is 2. The molecule has 0 spiro atoms. The number of nitrogens with one attached hydrogen (secondary N) is 1. The van der Waals surface area contributed by atoms with Crippen molar-refractivity contribution >= 4 is 0 Å². The smallest absolute Gasteiger partial charge is 0.387 e. The van der Waals surface area contributed by atoms with Crippen LogP contribution >= 0.6 is 0 Å². The van der Waals surface area contributed by atoms with Crippen LogP contribution in [0.5, 0.6) is 5.75 Å². The maximum Gasteiger partial charge on any atom is 0.387 e. The van der Waals surface area contributed by atoms with Gasteiger partial charge in [-0.25, -0.2) is 4.68 Å². The number of halogens is 2. The first kappa shape index (κ1) is 15.4. The maximum absolute atomic E-state index is 12.1. The number of aromatic nitrogens is 2. The summed E-state index contributed by atoms with van der Waals surface area (Å²) in [7, 11) is 1.65. The number of ether oxygens (including phenoxy) is 2. The highest BCUT2D eigenvalue weighted by atomic mass is 19.3. The van der Waals surface area contributed by atoms with Crippen molar-refractivity contribution < 1.29 is 18.3 Å². The summed E-state index contributed by atoms with van der Waals surface area (Å²) < 4.78 is 35.1. The average molecular weight is 297 g/mol. The number of methoxy groups -OCH3 is 1. The van der Waals surface area contributed by atoms with Crippen molar-refractivity contribution in [2.75, 3.05) is 20.3 Å². The summed E-state index contributed by atoms with van der Waals surface area (Å²) in [5.41, 5.74) is 1.67. The van der Waals surface area contributed by atoms with Gasteiger partial charge in [0.2, 0.25) is 0 Å². The molecular weight excluding hydrogens is 280 g/mol. The van der Waals surface area contributed by atoms with Crippen LogP contribution in [0.25, 0.3) is 5.69 Å². The normalized spacial score (nSPS) is 11.0. The molecule has 21 heavy (non-hydrogen) atoms. The Kier molecular flexibility index (Phi) is 5.65. The molecular formula is C14H17F2N3O2. The van der Waals surface area contributed by atoms with E-state index in [4.69, 9.17) is 4.74 Å². The van der Waals surface area contributed by atoms with Crippen molar-refractivity contribution in [2.24, 2.45) is 0 Å². The van der Waals surface area contributed by atoms with Gasteiger partial charge in [0.05, 0.1) is 18.0 Å². The molecule has 5 nitrogen and oxygen atoms in total. The molecule has 0 radical (unpaired) electrons. The van der Waals surface area contributed by atoms with E-state index in [2.05, 4.69) is 15.2 Å². The van der Waals surface area contributed by atoms with Crippen molar-refractivity contribution in [3.63, 3.8) is 0 Å². The van der Waals surface area contributed by atoms with E-state index in [-0.39, 0.29) is 5.75 Å². The lowest BCUT2D eigenvalue weighted by atomic mass is 10.3. The molecule has 0 atom stereocenters. The first-order valence-electron chi connectivity index (χ1n) is 6.48. The third-order valence-electron chi connectivity index (χ3n) is 2.76. The van der Waals surface area contributed by atoms with Crippen LogP contribution in [0, 0.1) is 0 Å². The predicted octanol–water partition coefficient (Wildman–Crippen LogP) is 2.21. The van der Waals surface area contributed by atoms with E-state index in [0.29, 0.717) is 13.2 Å². The monoisotopic (exact) mass is 297 g/mol. The summed E-state index contributed by atoms with van der Waals surface area (Å²) in [5.74, 6) is 0.127. The van der Waals surface area contributed by atoms with Crippen LogP contribution < -0.4 is 10.1 Å². The van der Waals surface area contributed by atoms with Gasteiger partial charge in [-0.05, 0) is 30.3 Å². The Labute approximate surface area is 121 Å². The minimum atomic E-state index is -2.81. The highest BCUT2D eigenvalue weighted by Crippen LogP contribution is 2.17. The average Bonchev–Trinajstić information content (AvgIpc) is 2.93. The molecule has 0 aliphatic heterocycles. The van der Waals surface area contributed by atoms with Gasteiger partial charge in [-0.3, -0.25) is 0 Å². The fourth-order valence-electron chi connectivity index (χ4n) is 1.77. The van der Waals surface area contributed by atoms with Crippen molar-refractivity contribution in [1.29, 1.82) is 0 Å². The Bertz CT molecular complexity index is 543. The van der Waals surface area contributed by atoms with Gasteiger partial charge in [-0.2, -0.15) is 13.9 Å². The molecule has 0 unspecified atom stereocenters. The molecule has 0 saturated heterocycles. The maximum atomic E-state index is 12.1. The number of hydrogen-bond donors (Lipinski definition) is 1. The van der Waals surface area contributed by atoms with E-state index >= 15 is 0 Å². The molecule has 1 N–H and O–H groups in total. The fourth-order valence-corrected chi connectivity index (χ4v) is 1.77. The van der Waals surface area contributed by atoms with Crippen LogP contribution in [0.1, 0.15) is 5.69 Å². The Morgan fingerprint density at radius 1 is 1.24 bits per heavy atom. The molecule has 2 aromatic rings. The molecule has 1 aromatic heterocycles. The molecule has 1 aromatic carbocycles. The van der Waals surface area contributed by atoms with Crippen molar-refractivity contribution in [3.8, 4) is 11.4 Å². The minimum Gasteiger partial charge on any atom is -0.435 e. The number of hydrogen-bond acceptors (Lipinski definition) is 4. The van der Waals surface area contributed by atoms with Gasteiger partial charge in [0, 0.05) is 26.4 Å². The molecule has 2 rings (SSSR count). The Balaban J connectivity index is 1.94. The largest absolute Gasteiger partial charge is 0.435 e. The second-order valence-corrected chi connectivity index (χ2v) is 4.29. The highest BCUT2D eigenvalue weighted by molar-refractivity contribution is 5.36. The minimum absolute atomic E-state index is 0.127. The third-order valence-corrected chi connectivity index (χ3v) is 2.76. The second kappa shape index (κ2) is 7.70. The van der Waals surface area contributed by atoms with Gasteiger partial charge >= 0.3 is 6.61 Å². The zero-order chi connectivity index (χ0) is 15.1. The van der Waals surface area contributed by atoms with Crippen LogP contribution in [0.4, 0.5) is 8.78 Å². The lowest BCUT2D eigenvalue weighted by molar-refractivity contribution is -0.0498. The standard InChI is InChI=1S/C14H17F2N3O2/c1-20-9-7-17-10-11-6-8-19(18-11)12-2-4-13(5-3-12)21-14(15)16/h2-6,8,14,17H,7,9-10H2,1H3. The second-order valence-electron chi connectivity index (χ2n) is 4.29. The molecule has 0 aliphatic rings. The summed E-state index contributed by atoms with van der Waals surface area (Å²) in [6.07, 6.45) is 1.82. The van der Waals surface area contributed by atoms with Crippen molar-refractivity contribution in [3.05, 3.63) is 42.2 Å². The Morgan fingerprint density at radius 3 is 2.67 bits per heavy atom. The van der Waals surface area contributed by atoms with Gasteiger partial charge in [0.15, 0.2) is 0 Å². The van der Waals surface area contributed by atoms with Gasteiger partial charge in [0.1, 0.15) is 5.75 Å². The van der Waals surface area contributed by atoms with Gasteiger partial charge < -0.3 is 14.8 Å². The molecule has 0 amide bonds. The lowest BCUT2D eigenvalue weighted by Crippen LogP contribution is -2.18. The fraction of sp³-hybridized carbons (Fsp3) is 0.357. The quantitative estimate of drug-likeness (QED) is 0.759. The molecule has 0 bridgehead atoms. The zero-order valence-electron chi connectivity index (χ0n) is 11.6. The molecule has 0 aliphatic carbocycles. The van der Waals surface area contributed by atoms with Crippen molar-refractivity contribution in [1.82, 2.24) is 15.1 Å². The van der Waals surface area contributed by atoms with Crippen LogP contribution in [0.15, 0.2) is 36.5 Å². The molecule has 0 saturated carbocycles. The summed E-state index contributed by atoms with van der Waals surface area (Å²) in [6, 6.07) is 8.21. The first-order chi connectivity index (χ1) is 10.2. The van der Waals surface area contributed by atoms with E-state index in [0.717, 1.165) is 17.9 Å². The summed E-state index contributed by atoms with van der Waals surface area (Å²) >= 11 is 0. The molecule has 7 heteroatoms. The zero-order valence-corrected chi connectivity index (χ0v) is 11.6. The lowest BCUT2D eigenvalue weighted by Gasteiger charge is -2.06. The summed E-state index contributed by atoms with van der Waals surface area (Å²) in [4.78, 5) is 0. The summed E-state index contributed by atoms with van der Waals surface area (Å²) in [5, 5.41) is 7.59. The molecule has 0 fully saturated rings. The number of benzene rings is 1. The van der Waals surface area contributed by atoms with Crippen LogP contribution in [-0.4, -0.2) is 36.7 Å².